The van der Waals surface area contributed by atoms with E-state index in [1.54, 1.807) is 24.3 Å². The molecule has 1 aliphatic rings. The lowest BCUT2D eigenvalue weighted by molar-refractivity contribution is -0.152. The maximum absolute atomic E-state index is 13.6. The van der Waals surface area contributed by atoms with Gasteiger partial charge in [0, 0.05) is 17.1 Å². The van der Waals surface area contributed by atoms with Gasteiger partial charge in [-0.25, -0.2) is 4.79 Å². The number of nitrogens with one attached hydrogen (secondary N) is 1. The van der Waals surface area contributed by atoms with Crippen LogP contribution in [-0.2, 0) is 33.8 Å². The molecule has 0 aliphatic carbocycles. The summed E-state index contributed by atoms with van der Waals surface area (Å²) in [6.45, 7) is -3.13. The number of fused-ring (bicyclic) bond motifs is 1. The van der Waals surface area contributed by atoms with Crippen LogP contribution < -0.4 is 14.8 Å². The second-order valence-electron chi connectivity index (χ2n) is 8.01. The molecule has 9 nitrogen and oxygen atoms in total. The zero-order valence-corrected chi connectivity index (χ0v) is 19.0. The normalized spacial score (nSPS) is 18.5. The molecule has 3 rings (SSSR count). The van der Waals surface area contributed by atoms with Crippen LogP contribution >= 0.6 is 0 Å². The van der Waals surface area contributed by atoms with E-state index < -0.39 is 42.8 Å². The molecule has 0 saturated heterocycles. The van der Waals surface area contributed by atoms with Crippen LogP contribution in [0.3, 0.4) is 0 Å². The number of methoxy groups -OCH3 is 2. The van der Waals surface area contributed by atoms with E-state index >= 15 is 0 Å². The quantitative estimate of drug-likeness (QED) is 0.447. The highest BCUT2D eigenvalue weighted by Crippen LogP contribution is 2.35. The monoisotopic (exact) mass is 474 g/mol. The van der Waals surface area contributed by atoms with Crippen LogP contribution in [0.4, 0.5) is 0 Å². The summed E-state index contributed by atoms with van der Waals surface area (Å²) in [4.78, 5) is 38.6. The third-order valence-electron chi connectivity index (χ3n) is 5.88. The first-order valence-corrected chi connectivity index (χ1v) is 10.8. The molecular formula is C25H30N2O7. The molecule has 0 bridgehead atoms. The van der Waals surface area contributed by atoms with Crippen molar-refractivity contribution >= 4 is 17.8 Å². The fourth-order valence-corrected chi connectivity index (χ4v) is 4.04. The van der Waals surface area contributed by atoms with Crippen molar-refractivity contribution in [2.75, 3.05) is 14.2 Å². The molecule has 0 saturated carbocycles. The third kappa shape index (κ3) is 5.66. The van der Waals surface area contributed by atoms with E-state index in [-0.39, 0.29) is 19.4 Å². The maximum atomic E-state index is 13.6. The van der Waals surface area contributed by atoms with E-state index in [1.165, 1.54) is 14.2 Å². The van der Waals surface area contributed by atoms with Crippen molar-refractivity contribution in [3.05, 3.63) is 59.2 Å². The average Bonchev–Trinajstić information content (AvgIpc) is 2.86. The van der Waals surface area contributed by atoms with Gasteiger partial charge in [0.2, 0.25) is 5.91 Å². The highest BCUT2D eigenvalue weighted by molar-refractivity contribution is 5.88. The molecule has 1 heterocycles. The van der Waals surface area contributed by atoms with Crippen LogP contribution in [0.2, 0.25) is 0 Å². The van der Waals surface area contributed by atoms with Crippen molar-refractivity contribution in [3.8, 4) is 11.5 Å². The van der Waals surface area contributed by atoms with Crippen LogP contribution in [0.1, 0.15) is 34.1 Å². The van der Waals surface area contributed by atoms with E-state index in [1.807, 2.05) is 18.2 Å². The van der Waals surface area contributed by atoms with Crippen LogP contribution in [0.25, 0.3) is 0 Å². The number of rotatable bonds is 10. The Morgan fingerprint density at radius 2 is 1.76 bits per heavy atom. The SMILES string of the molecule is [2H][13C]([2H])([2H])[C@H](N[C@@H](CCc1ccccc1)C(=O)O)C(=O)N1Cc2cc(OC)c(OC)cc2C[C@H]1C(=O)O. The number of amides is 1. The summed E-state index contributed by atoms with van der Waals surface area (Å²) in [5, 5.41) is 22.1. The Balaban J connectivity index is 1.90. The molecule has 3 N–H and O–H groups in total. The second kappa shape index (κ2) is 11.0. The predicted molar refractivity (Wildman–Crippen MR) is 124 cm³/mol. The van der Waals surface area contributed by atoms with E-state index in [4.69, 9.17) is 13.6 Å². The molecule has 0 spiro atoms. The standard InChI is InChI=1S/C25H30N2O7/c1-15(26-19(24(29)30)10-9-16-7-5-4-6-8-16)23(28)27-14-18-13-22(34-3)21(33-2)12-17(18)11-20(27)25(31)32/h4-8,12-13,15,19-20,26H,9-11,14H2,1-3H3,(H,29,30)(H,31,32)/t15-,19-,20-/m0/s1/i1+1D3. The molecule has 3 atom stereocenters. The van der Waals surface area contributed by atoms with Crippen LogP contribution in [0.5, 0.6) is 11.5 Å². The third-order valence-corrected chi connectivity index (χ3v) is 5.88. The number of hydrogen-bond donors (Lipinski definition) is 3. The van der Waals surface area contributed by atoms with Gasteiger partial charge in [-0.15, -0.1) is 0 Å². The van der Waals surface area contributed by atoms with Gasteiger partial charge in [0.1, 0.15) is 12.1 Å². The number of hydrogen-bond acceptors (Lipinski definition) is 6. The predicted octanol–water partition coefficient (Wildman–Crippen LogP) is 2.11. The molecule has 1 aliphatic heterocycles. The fourth-order valence-electron chi connectivity index (χ4n) is 4.04. The molecule has 2 aromatic rings. The molecular weight excluding hydrogens is 441 g/mol. The Morgan fingerprint density at radius 3 is 2.32 bits per heavy atom. The highest BCUT2D eigenvalue weighted by Gasteiger charge is 2.38. The van der Waals surface area contributed by atoms with Crippen LogP contribution in [-0.4, -0.2) is 65.3 Å². The molecule has 182 valence electrons. The fraction of sp³-hybridized carbons (Fsp3) is 0.400. The van der Waals surface area contributed by atoms with Crippen molar-refractivity contribution < 1.29 is 38.2 Å². The number of benzene rings is 2. The summed E-state index contributed by atoms with van der Waals surface area (Å²) in [5.41, 5.74) is 2.06. The Bertz CT molecular complexity index is 1140. The lowest BCUT2D eigenvalue weighted by Crippen LogP contribution is -2.56. The molecule has 9 heteroatoms. The molecule has 0 fully saturated rings. The largest absolute Gasteiger partial charge is 0.493 e. The number of ether oxygens (including phenoxy) is 2. The summed E-state index contributed by atoms with van der Waals surface area (Å²) >= 11 is 0. The van der Waals surface area contributed by atoms with Gasteiger partial charge in [0.05, 0.1) is 20.3 Å². The summed E-state index contributed by atoms with van der Waals surface area (Å²) < 4.78 is 34.4. The van der Waals surface area contributed by atoms with Gasteiger partial charge in [0.15, 0.2) is 11.5 Å². The van der Waals surface area contributed by atoms with E-state index in [0.717, 1.165) is 10.5 Å². The summed E-state index contributed by atoms with van der Waals surface area (Å²) in [5.74, 6) is -2.86. The average molecular weight is 475 g/mol. The minimum atomic E-state index is -2.93. The number of aryl methyl sites for hydroxylation is 1. The zero-order chi connectivity index (χ0) is 27.3. The second-order valence-corrected chi connectivity index (χ2v) is 8.01. The number of nitrogens with zero attached hydrogens (tertiary/aromatic N) is 1. The Kier molecular flexibility index (Phi) is 6.80. The lowest BCUT2D eigenvalue weighted by atomic mass is 9.92. The van der Waals surface area contributed by atoms with Gasteiger partial charge < -0.3 is 24.6 Å². The Labute approximate surface area is 202 Å². The summed E-state index contributed by atoms with van der Waals surface area (Å²) in [6, 6.07) is 7.69. The van der Waals surface area contributed by atoms with E-state index in [9.17, 15) is 24.6 Å². The van der Waals surface area contributed by atoms with Gasteiger partial charge in [-0.2, -0.15) is 0 Å². The van der Waals surface area contributed by atoms with E-state index in [2.05, 4.69) is 5.32 Å². The Hall–Kier alpha value is -3.59. The first-order chi connectivity index (χ1) is 17.5. The molecule has 0 unspecified atom stereocenters. The summed E-state index contributed by atoms with van der Waals surface area (Å²) in [7, 11) is 2.88. The van der Waals surface area contributed by atoms with Gasteiger partial charge in [-0.05, 0) is 48.5 Å². The van der Waals surface area contributed by atoms with Crippen LogP contribution in [0.15, 0.2) is 42.5 Å². The van der Waals surface area contributed by atoms with E-state index in [0.29, 0.717) is 29.0 Å². The number of aliphatic carboxylic acids is 2. The van der Waals surface area contributed by atoms with Gasteiger partial charge in [0.25, 0.3) is 0 Å². The first-order valence-electron chi connectivity index (χ1n) is 12.3. The van der Waals surface area contributed by atoms with Crippen molar-refractivity contribution in [1.29, 1.82) is 0 Å². The maximum Gasteiger partial charge on any atom is 0.326 e. The molecule has 34 heavy (non-hydrogen) atoms. The number of carboxylic acids is 2. The number of carbonyl (C=O) groups is 3. The molecule has 1 amide bonds. The molecule has 0 aromatic heterocycles. The zero-order valence-electron chi connectivity index (χ0n) is 22.0. The van der Waals surface area contributed by atoms with Crippen LogP contribution in [0, 0.1) is 0 Å². The minimum Gasteiger partial charge on any atom is -0.493 e. The summed E-state index contributed by atoms with van der Waals surface area (Å²) in [6.07, 6.45) is 0.283. The van der Waals surface area contributed by atoms with Crippen molar-refractivity contribution in [1.82, 2.24) is 10.2 Å². The Morgan fingerprint density at radius 1 is 1.12 bits per heavy atom. The van der Waals surface area contributed by atoms with Crippen molar-refractivity contribution in [3.63, 3.8) is 0 Å². The number of carbonyl (C=O) groups excluding carboxylic acids is 1. The van der Waals surface area contributed by atoms with Gasteiger partial charge in [-0.3, -0.25) is 14.9 Å². The topological polar surface area (TPSA) is 125 Å². The first kappa shape index (κ1) is 21.0. The van der Waals surface area contributed by atoms with Crippen molar-refractivity contribution in [2.24, 2.45) is 0 Å². The van der Waals surface area contributed by atoms with Gasteiger partial charge >= 0.3 is 11.9 Å². The molecule has 2 aromatic carbocycles. The van der Waals surface area contributed by atoms with Crippen molar-refractivity contribution in [2.45, 2.75) is 50.8 Å². The lowest BCUT2D eigenvalue weighted by Gasteiger charge is -2.37. The highest BCUT2D eigenvalue weighted by atomic mass is 16.5. The number of carboxylic acid groups (broad SMARTS) is 2. The molecule has 0 radical (unpaired) electrons. The minimum absolute atomic E-state index is 0.0292. The van der Waals surface area contributed by atoms with Gasteiger partial charge in [-0.1, -0.05) is 30.3 Å². The smallest absolute Gasteiger partial charge is 0.326 e.